The summed E-state index contributed by atoms with van der Waals surface area (Å²) in [5, 5.41) is 0. The molecule has 0 saturated carbocycles. The molecule has 0 radical (unpaired) electrons. The van der Waals surface area contributed by atoms with E-state index in [-0.39, 0.29) is 5.82 Å². The Bertz CT molecular complexity index is 515. The van der Waals surface area contributed by atoms with Crippen LogP contribution < -0.4 is 4.74 Å². The summed E-state index contributed by atoms with van der Waals surface area (Å²) >= 11 is 3.41. The van der Waals surface area contributed by atoms with Crippen molar-refractivity contribution in [2.75, 3.05) is 0 Å². The van der Waals surface area contributed by atoms with Crippen molar-refractivity contribution < 1.29 is 9.13 Å². The molecule has 0 heterocycles. The summed E-state index contributed by atoms with van der Waals surface area (Å²) in [4.78, 5) is 0. The Labute approximate surface area is 115 Å². The van der Waals surface area contributed by atoms with Crippen molar-refractivity contribution in [1.82, 2.24) is 0 Å². The third-order valence-corrected chi connectivity index (χ3v) is 3.32. The molecule has 0 spiro atoms. The highest BCUT2D eigenvalue weighted by atomic mass is 79.9. The fourth-order valence-corrected chi connectivity index (χ4v) is 2.23. The summed E-state index contributed by atoms with van der Waals surface area (Å²) in [7, 11) is 0. The largest absolute Gasteiger partial charge is 0.489 e. The summed E-state index contributed by atoms with van der Waals surface area (Å²) in [6.45, 7) is 4.34. The van der Waals surface area contributed by atoms with E-state index in [0.29, 0.717) is 6.61 Å². The Morgan fingerprint density at radius 2 is 1.83 bits per heavy atom. The molecule has 0 bridgehead atoms. The van der Waals surface area contributed by atoms with E-state index >= 15 is 0 Å². The van der Waals surface area contributed by atoms with Crippen LogP contribution in [-0.2, 0) is 6.61 Å². The first-order valence-corrected chi connectivity index (χ1v) is 6.49. The SMILES string of the molecule is Cc1cc(F)ccc1COc1ccc(Br)cc1C. The molecule has 2 rings (SSSR count). The van der Waals surface area contributed by atoms with Crippen molar-refractivity contribution in [3.8, 4) is 5.75 Å². The zero-order valence-corrected chi connectivity index (χ0v) is 11.9. The highest BCUT2D eigenvalue weighted by molar-refractivity contribution is 9.10. The molecule has 0 aliphatic rings. The van der Waals surface area contributed by atoms with Crippen LogP contribution in [0.5, 0.6) is 5.75 Å². The molecule has 0 atom stereocenters. The molecule has 0 amide bonds. The maximum Gasteiger partial charge on any atom is 0.123 e. The van der Waals surface area contributed by atoms with Crippen LogP contribution in [0.15, 0.2) is 40.9 Å². The van der Waals surface area contributed by atoms with Gasteiger partial charge >= 0.3 is 0 Å². The van der Waals surface area contributed by atoms with E-state index in [4.69, 9.17) is 4.74 Å². The number of rotatable bonds is 3. The molecule has 1 nitrogen and oxygen atoms in total. The minimum absolute atomic E-state index is 0.212. The Morgan fingerprint density at radius 3 is 2.50 bits per heavy atom. The molecule has 0 aliphatic carbocycles. The highest BCUT2D eigenvalue weighted by Crippen LogP contribution is 2.23. The van der Waals surface area contributed by atoms with Gasteiger partial charge in [-0.2, -0.15) is 0 Å². The first kappa shape index (κ1) is 13.1. The van der Waals surface area contributed by atoms with Crippen LogP contribution in [0.25, 0.3) is 0 Å². The Hall–Kier alpha value is -1.35. The first-order valence-electron chi connectivity index (χ1n) is 5.70. The second-order valence-electron chi connectivity index (χ2n) is 4.27. The van der Waals surface area contributed by atoms with E-state index in [9.17, 15) is 4.39 Å². The predicted molar refractivity (Wildman–Crippen MR) is 74.3 cm³/mol. The van der Waals surface area contributed by atoms with Gasteiger partial charge in [0.25, 0.3) is 0 Å². The normalized spacial score (nSPS) is 10.4. The molecule has 2 aromatic carbocycles. The summed E-state index contributed by atoms with van der Waals surface area (Å²) in [6.07, 6.45) is 0. The number of ether oxygens (including phenoxy) is 1. The van der Waals surface area contributed by atoms with Crippen molar-refractivity contribution in [2.24, 2.45) is 0 Å². The van der Waals surface area contributed by atoms with Crippen molar-refractivity contribution in [2.45, 2.75) is 20.5 Å². The van der Waals surface area contributed by atoms with Gasteiger partial charge in [0.2, 0.25) is 0 Å². The third-order valence-electron chi connectivity index (χ3n) is 2.82. The van der Waals surface area contributed by atoms with Gasteiger partial charge in [0.05, 0.1) is 0 Å². The number of benzene rings is 2. The minimum atomic E-state index is -0.212. The van der Waals surface area contributed by atoms with Crippen LogP contribution in [-0.4, -0.2) is 0 Å². The lowest BCUT2D eigenvalue weighted by molar-refractivity contribution is 0.303. The molecule has 0 aromatic heterocycles. The van der Waals surface area contributed by atoms with Gasteiger partial charge in [0.1, 0.15) is 18.2 Å². The van der Waals surface area contributed by atoms with Crippen LogP contribution in [0.3, 0.4) is 0 Å². The Morgan fingerprint density at radius 1 is 1.06 bits per heavy atom. The van der Waals surface area contributed by atoms with E-state index in [1.54, 1.807) is 6.07 Å². The van der Waals surface area contributed by atoms with Gasteiger partial charge in [0, 0.05) is 4.47 Å². The zero-order chi connectivity index (χ0) is 13.1. The van der Waals surface area contributed by atoms with Gasteiger partial charge in [-0.1, -0.05) is 22.0 Å². The molecular formula is C15H14BrFO. The van der Waals surface area contributed by atoms with E-state index < -0.39 is 0 Å². The molecule has 0 aliphatic heterocycles. The standard InChI is InChI=1S/C15H14BrFO/c1-10-8-14(17)5-3-12(10)9-18-15-6-4-13(16)7-11(15)2/h3-8H,9H2,1-2H3. The second-order valence-corrected chi connectivity index (χ2v) is 5.18. The number of hydrogen-bond donors (Lipinski definition) is 0. The van der Waals surface area contributed by atoms with E-state index in [2.05, 4.69) is 15.9 Å². The van der Waals surface area contributed by atoms with E-state index in [1.165, 1.54) is 12.1 Å². The topological polar surface area (TPSA) is 9.23 Å². The lowest BCUT2D eigenvalue weighted by atomic mass is 10.1. The quantitative estimate of drug-likeness (QED) is 0.792. The van der Waals surface area contributed by atoms with Crippen LogP contribution in [0, 0.1) is 19.7 Å². The van der Waals surface area contributed by atoms with E-state index in [0.717, 1.165) is 26.9 Å². The lowest BCUT2D eigenvalue weighted by Crippen LogP contribution is -1.99. The Balaban J connectivity index is 2.11. The van der Waals surface area contributed by atoms with Gasteiger partial charge < -0.3 is 4.74 Å². The first-order chi connectivity index (χ1) is 8.56. The molecule has 3 heteroatoms. The molecular weight excluding hydrogens is 295 g/mol. The highest BCUT2D eigenvalue weighted by Gasteiger charge is 2.03. The summed E-state index contributed by atoms with van der Waals surface area (Å²) in [5.41, 5.74) is 2.98. The summed E-state index contributed by atoms with van der Waals surface area (Å²) < 4.78 is 19.8. The molecule has 0 N–H and O–H groups in total. The maximum absolute atomic E-state index is 13.0. The predicted octanol–water partition coefficient (Wildman–Crippen LogP) is 4.78. The van der Waals surface area contributed by atoms with E-state index in [1.807, 2.05) is 32.0 Å². The molecule has 0 unspecified atom stereocenters. The Kier molecular flexibility index (Phi) is 4.02. The maximum atomic E-state index is 13.0. The number of halogens is 2. The van der Waals surface area contributed by atoms with Gasteiger partial charge in [-0.3, -0.25) is 0 Å². The fraction of sp³-hybridized carbons (Fsp3) is 0.200. The van der Waals surface area contributed by atoms with Gasteiger partial charge in [0.15, 0.2) is 0 Å². The lowest BCUT2D eigenvalue weighted by Gasteiger charge is -2.11. The van der Waals surface area contributed by atoms with Crippen molar-refractivity contribution in [1.29, 1.82) is 0 Å². The van der Waals surface area contributed by atoms with Gasteiger partial charge in [-0.05, 0) is 60.9 Å². The van der Waals surface area contributed by atoms with Crippen molar-refractivity contribution in [3.05, 3.63) is 63.4 Å². The third kappa shape index (κ3) is 3.10. The van der Waals surface area contributed by atoms with Crippen molar-refractivity contribution >= 4 is 15.9 Å². The van der Waals surface area contributed by atoms with Crippen LogP contribution >= 0.6 is 15.9 Å². The monoisotopic (exact) mass is 308 g/mol. The fourth-order valence-electron chi connectivity index (χ4n) is 1.75. The number of aryl methyl sites for hydroxylation is 2. The van der Waals surface area contributed by atoms with Crippen LogP contribution in [0.4, 0.5) is 4.39 Å². The second kappa shape index (κ2) is 5.53. The smallest absolute Gasteiger partial charge is 0.123 e. The van der Waals surface area contributed by atoms with Crippen molar-refractivity contribution in [3.63, 3.8) is 0 Å². The minimum Gasteiger partial charge on any atom is -0.489 e. The molecule has 2 aromatic rings. The number of hydrogen-bond acceptors (Lipinski definition) is 1. The zero-order valence-electron chi connectivity index (χ0n) is 10.3. The summed E-state index contributed by atoms with van der Waals surface area (Å²) in [6, 6.07) is 10.6. The molecule has 0 fully saturated rings. The molecule has 0 saturated heterocycles. The van der Waals surface area contributed by atoms with Crippen LogP contribution in [0.2, 0.25) is 0 Å². The van der Waals surface area contributed by atoms with Gasteiger partial charge in [-0.15, -0.1) is 0 Å². The van der Waals surface area contributed by atoms with Crippen LogP contribution in [0.1, 0.15) is 16.7 Å². The average molecular weight is 309 g/mol. The van der Waals surface area contributed by atoms with Gasteiger partial charge in [-0.25, -0.2) is 4.39 Å². The summed E-state index contributed by atoms with van der Waals surface area (Å²) in [5.74, 6) is 0.637. The molecule has 94 valence electrons. The molecule has 18 heavy (non-hydrogen) atoms. The average Bonchev–Trinajstić information content (AvgIpc) is 2.30.